The summed E-state index contributed by atoms with van der Waals surface area (Å²) in [5.41, 5.74) is 0.534. The number of benzene rings is 1. The first-order chi connectivity index (χ1) is 11.6. The lowest BCUT2D eigenvalue weighted by molar-refractivity contribution is -0.146. The molecule has 5 nitrogen and oxygen atoms in total. The number of anilines is 1. The largest absolute Gasteiger partial charge is 0.366 e. The number of carbonyl (C=O) groups is 2. The summed E-state index contributed by atoms with van der Waals surface area (Å²) in [7, 11) is 0. The van der Waals surface area contributed by atoms with Crippen LogP contribution in [0.25, 0.3) is 0 Å². The average molecular weight is 347 g/mol. The summed E-state index contributed by atoms with van der Waals surface area (Å²) < 4.78 is 13.8. The second-order valence-electron chi connectivity index (χ2n) is 5.49. The standard InChI is InChI=1S/C17H18FN3O2S/c18-14-5-1-2-6-15(14)20-7-9-21(10-8-20)17(23)16(22)19-12-13-4-3-11-24-13/h1-6,11H,7-10,12H2,(H,19,22). The van der Waals surface area contributed by atoms with Crippen molar-refractivity contribution in [3.8, 4) is 0 Å². The van der Waals surface area contributed by atoms with Crippen LogP contribution in [0.2, 0.25) is 0 Å². The van der Waals surface area contributed by atoms with E-state index < -0.39 is 11.8 Å². The molecular formula is C17H18FN3O2S. The summed E-state index contributed by atoms with van der Waals surface area (Å²) in [4.78, 5) is 28.6. The van der Waals surface area contributed by atoms with Gasteiger partial charge in [0.1, 0.15) is 5.82 Å². The Morgan fingerprint density at radius 3 is 2.50 bits per heavy atom. The fourth-order valence-electron chi connectivity index (χ4n) is 2.66. The highest BCUT2D eigenvalue weighted by molar-refractivity contribution is 7.09. The SMILES string of the molecule is O=C(NCc1cccs1)C(=O)N1CCN(c2ccccc2F)CC1. The molecule has 2 aromatic rings. The summed E-state index contributed by atoms with van der Waals surface area (Å²) in [5, 5.41) is 4.56. The summed E-state index contributed by atoms with van der Waals surface area (Å²) in [6.07, 6.45) is 0. The van der Waals surface area contributed by atoms with Crippen molar-refractivity contribution >= 4 is 28.8 Å². The molecule has 1 N–H and O–H groups in total. The molecule has 0 radical (unpaired) electrons. The Morgan fingerprint density at radius 2 is 1.83 bits per heavy atom. The smallest absolute Gasteiger partial charge is 0.312 e. The predicted octanol–water partition coefficient (Wildman–Crippen LogP) is 1.85. The quantitative estimate of drug-likeness (QED) is 0.862. The Balaban J connectivity index is 1.51. The van der Waals surface area contributed by atoms with Gasteiger partial charge in [-0.1, -0.05) is 18.2 Å². The highest BCUT2D eigenvalue weighted by atomic mass is 32.1. The fourth-order valence-corrected chi connectivity index (χ4v) is 3.30. The first-order valence-electron chi connectivity index (χ1n) is 7.74. The molecule has 0 saturated carbocycles. The van der Waals surface area contributed by atoms with Crippen LogP contribution in [0.1, 0.15) is 4.88 Å². The number of rotatable bonds is 3. The van der Waals surface area contributed by atoms with Crippen LogP contribution in [0.5, 0.6) is 0 Å². The molecule has 1 aromatic heterocycles. The van der Waals surface area contributed by atoms with E-state index in [2.05, 4.69) is 5.32 Å². The van der Waals surface area contributed by atoms with Gasteiger partial charge >= 0.3 is 11.8 Å². The van der Waals surface area contributed by atoms with Crippen LogP contribution in [0.3, 0.4) is 0 Å². The van der Waals surface area contributed by atoms with E-state index in [0.717, 1.165) is 4.88 Å². The van der Waals surface area contributed by atoms with Crippen molar-refractivity contribution in [3.63, 3.8) is 0 Å². The second-order valence-corrected chi connectivity index (χ2v) is 6.52. The van der Waals surface area contributed by atoms with Crippen LogP contribution in [-0.4, -0.2) is 42.9 Å². The average Bonchev–Trinajstić information content (AvgIpc) is 3.13. The molecule has 0 spiro atoms. The molecule has 24 heavy (non-hydrogen) atoms. The second kappa shape index (κ2) is 7.44. The van der Waals surface area contributed by atoms with E-state index in [1.807, 2.05) is 22.4 Å². The number of hydrogen-bond acceptors (Lipinski definition) is 4. The third-order valence-corrected chi connectivity index (χ3v) is 4.83. The molecular weight excluding hydrogens is 329 g/mol. The van der Waals surface area contributed by atoms with Gasteiger partial charge in [0.05, 0.1) is 12.2 Å². The number of halogens is 1. The Labute approximate surface area is 143 Å². The van der Waals surface area contributed by atoms with Crippen molar-refractivity contribution < 1.29 is 14.0 Å². The van der Waals surface area contributed by atoms with E-state index in [1.54, 1.807) is 18.2 Å². The molecule has 0 aliphatic carbocycles. The molecule has 1 aliphatic heterocycles. The number of nitrogens with zero attached hydrogens (tertiary/aromatic N) is 2. The molecule has 1 aromatic carbocycles. The number of piperazine rings is 1. The van der Waals surface area contributed by atoms with Gasteiger partial charge < -0.3 is 15.1 Å². The van der Waals surface area contributed by atoms with Gasteiger partial charge in [-0.15, -0.1) is 11.3 Å². The number of amides is 2. The zero-order valence-corrected chi connectivity index (χ0v) is 13.9. The molecule has 2 amide bonds. The summed E-state index contributed by atoms with van der Waals surface area (Å²) in [5.74, 6) is -1.39. The molecule has 0 bridgehead atoms. The highest BCUT2D eigenvalue weighted by Crippen LogP contribution is 2.20. The Hall–Kier alpha value is -2.41. The lowest BCUT2D eigenvalue weighted by atomic mass is 10.2. The van der Waals surface area contributed by atoms with Crippen molar-refractivity contribution in [3.05, 3.63) is 52.5 Å². The third kappa shape index (κ3) is 3.73. The van der Waals surface area contributed by atoms with Crippen LogP contribution in [0.4, 0.5) is 10.1 Å². The van der Waals surface area contributed by atoms with Gasteiger partial charge in [-0.3, -0.25) is 9.59 Å². The molecule has 1 fully saturated rings. The third-order valence-electron chi connectivity index (χ3n) is 3.96. The van der Waals surface area contributed by atoms with Crippen molar-refractivity contribution in [1.82, 2.24) is 10.2 Å². The van der Waals surface area contributed by atoms with Gasteiger partial charge in [0.25, 0.3) is 0 Å². The summed E-state index contributed by atoms with van der Waals surface area (Å²) in [6, 6.07) is 10.4. The maximum absolute atomic E-state index is 13.8. The van der Waals surface area contributed by atoms with E-state index in [1.165, 1.54) is 22.3 Å². The maximum atomic E-state index is 13.8. The Bertz CT molecular complexity index is 712. The van der Waals surface area contributed by atoms with Gasteiger partial charge in [-0.05, 0) is 23.6 Å². The minimum atomic E-state index is -0.595. The summed E-state index contributed by atoms with van der Waals surface area (Å²) in [6.45, 7) is 2.17. The number of nitrogens with one attached hydrogen (secondary N) is 1. The highest BCUT2D eigenvalue weighted by Gasteiger charge is 2.26. The molecule has 7 heteroatoms. The van der Waals surface area contributed by atoms with Crippen LogP contribution in [0.15, 0.2) is 41.8 Å². The van der Waals surface area contributed by atoms with Crippen LogP contribution in [0, 0.1) is 5.82 Å². The summed E-state index contributed by atoms with van der Waals surface area (Å²) >= 11 is 1.53. The Kier molecular flexibility index (Phi) is 5.10. The predicted molar refractivity (Wildman–Crippen MR) is 91.4 cm³/mol. The van der Waals surface area contributed by atoms with Gasteiger partial charge in [0.2, 0.25) is 0 Å². The maximum Gasteiger partial charge on any atom is 0.312 e. The molecule has 126 valence electrons. The van der Waals surface area contributed by atoms with Gasteiger partial charge in [-0.2, -0.15) is 0 Å². The van der Waals surface area contributed by atoms with E-state index in [4.69, 9.17) is 0 Å². The molecule has 1 saturated heterocycles. The fraction of sp³-hybridized carbons (Fsp3) is 0.294. The van der Waals surface area contributed by atoms with Crippen molar-refractivity contribution in [2.24, 2.45) is 0 Å². The minimum absolute atomic E-state index is 0.272. The van der Waals surface area contributed by atoms with E-state index in [0.29, 0.717) is 38.4 Å². The molecule has 2 heterocycles. The van der Waals surface area contributed by atoms with E-state index in [-0.39, 0.29) is 5.82 Å². The minimum Gasteiger partial charge on any atom is -0.366 e. The number of carbonyl (C=O) groups excluding carboxylic acids is 2. The first-order valence-corrected chi connectivity index (χ1v) is 8.62. The van der Waals surface area contributed by atoms with E-state index >= 15 is 0 Å². The lowest BCUT2D eigenvalue weighted by Crippen LogP contribution is -2.52. The first kappa shape index (κ1) is 16.4. The van der Waals surface area contributed by atoms with Crippen molar-refractivity contribution in [2.75, 3.05) is 31.1 Å². The van der Waals surface area contributed by atoms with Crippen LogP contribution in [-0.2, 0) is 16.1 Å². The molecule has 3 rings (SSSR count). The normalized spacial score (nSPS) is 14.5. The van der Waals surface area contributed by atoms with Gasteiger partial charge in [0, 0.05) is 31.1 Å². The topological polar surface area (TPSA) is 52.7 Å². The van der Waals surface area contributed by atoms with Crippen LogP contribution < -0.4 is 10.2 Å². The van der Waals surface area contributed by atoms with Gasteiger partial charge in [0.15, 0.2) is 0 Å². The van der Waals surface area contributed by atoms with Crippen molar-refractivity contribution in [2.45, 2.75) is 6.54 Å². The van der Waals surface area contributed by atoms with Gasteiger partial charge in [-0.25, -0.2) is 4.39 Å². The lowest BCUT2D eigenvalue weighted by Gasteiger charge is -2.35. The zero-order valence-electron chi connectivity index (χ0n) is 13.1. The van der Waals surface area contributed by atoms with E-state index in [9.17, 15) is 14.0 Å². The zero-order chi connectivity index (χ0) is 16.9. The number of para-hydroxylation sites is 1. The number of thiophene rings is 1. The van der Waals surface area contributed by atoms with Crippen molar-refractivity contribution in [1.29, 1.82) is 0 Å². The molecule has 1 aliphatic rings. The molecule has 0 atom stereocenters. The number of hydrogen-bond donors (Lipinski definition) is 1. The Morgan fingerprint density at radius 1 is 1.08 bits per heavy atom. The monoisotopic (exact) mass is 347 g/mol. The van der Waals surface area contributed by atoms with Crippen LogP contribution >= 0.6 is 11.3 Å². The molecule has 0 unspecified atom stereocenters.